The third-order valence-corrected chi connectivity index (χ3v) is 9.44. The molecule has 1 aliphatic heterocycles. The van der Waals surface area contributed by atoms with Gasteiger partial charge in [0.2, 0.25) is 0 Å². The first kappa shape index (κ1) is 27.6. The van der Waals surface area contributed by atoms with Gasteiger partial charge in [0.05, 0.1) is 22.1 Å². The maximum absolute atomic E-state index is 14.6. The second kappa shape index (κ2) is 10.8. The topological polar surface area (TPSA) is 57.3 Å². The molecule has 2 fully saturated rings. The van der Waals surface area contributed by atoms with Crippen LogP contribution >= 0.6 is 34.9 Å². The van der Waals surface area contributed by atoms with Crippen molar-refractivity contribution in [3.05, 3.63) is 33.4 Å². The van der Waals surface area contributed by atoms with Crippen LogP contribution in [0.15, 0.2) is 17.0 Å². The Morgan fingerprint density at radius 1 is 1.36 bits per heavy atom. The summed E-state index contributed by atoms with van der Waals surface area (Å²) in [5.74, 6) is 0.0715. The Balaban J connectivity index is 1.55. The first-order valence-corrected chi connectivity index (χ1v) is 13.8. The highest BCUT2D eigenvalue weighted by atomic mass is 35.5. The van der Waals surface area contributed by atoms with Gasteiger partial charge < -0.3 is 5.32 Å². The normalized spacial score (nSPS) is 19.0. The van der Waals surface area contributed by atoms with Crippen molar-refractivity contribution in [1.82, 2.24) is 19.9 Å². The van der Waals surface area contributed by atoms with Crippen LogP contribution in [0.2, 0.25) is 5.02 Å². The Morgan fingerprint density at radius 2 is 2.06 bits per heavy atom. The molecule has 0 unspecified atom stereocenters. The third-order valence-electron chi connectivity index (χ3n) is 6.69. The lowest BCUT2D eigenvalue weighted by Gasteiger charge is -2.42. The number of likely N-dealkylation sites (tertiary alicyclic amines) is 1. The Hall–Kier alpha value is -1.40. The van der Waals surface area contributed by atoms with Crippen molar-refractivity contribution in [2.24, 2.45) is 5.92 Å². The minimum absolute atomic E-state index is 0.0713. The number of hydrogen-bond donors (Lipinski definition) is 2. The number of nitrogens with zero attached hydrogens (tertiary/aromatic N) is 2. The van der Waals surface area contributed by atoms with Gasteiger partial charge in [-0.3, -0.25) is 9.69 Å². The van der Waals surface area contributed by atoms with Crippen molar-refractivity contribution in [3.63, 3.8) is 0 Å². The van der Waals surface area contributed by atoms with Crippen LogP contribution in [0.4, 0.5) is 17.6 Å². The Bertz CT molecular complexity index is 1120. The number of halogens is 5. The number of carbonyl (C=O) groups excluding carboxylic acids is 1. The van der Waals surface area contributed by atoms with Gasteiger partial charge in [-0.1, -0.05) is 36.9 Å². The first-order chi connectivity index (χ1) is 16.9. The molecule has 198 valence electrons. The van der Waals surface area contributed by atoms with E-state index in [4.69, 9.17) is 11.6 Å². The summed E-state index contributed by atoms with van der Waals surface area (Å²) in [5.41, 5.74) is 0.684. The average molecular weight is 565 g/mol. The van der Waals surface area contributed by atoms with Crippen molar-refractivity contribution < 1.29 is 22.4 Å². The highest BCUT2D eigenvalue weighted by Crippen LogP contribution is 2.42. The summed E-state index contributed by atoms with van der Waals surface area (Å²) >= 11 is 8.80. The van der Waals surface area contributed by atoms with Crippen LogP contribution in [0.5, 0.6) is 0 Å². The van der Waals surface area contributed by atoms with E-state index in [-0.39, 0.29) is 24.6 Å². The number of amides is 1. The molecular formula is C24H29ClF4N4OS2. The molecule has 12 heteroatoms. The lowest BCUT2D eigenvalue weighted by Crippen LogP contribution is -2.62. The van der Waals surface area contributed by atoms with Gasteiger partial charge in [0.15, 0.2) is 10.7 Å². The van der Waals surface area contributed by atoms with Gasteiger partial charge in [-0.2, -0.15) is 13.2 Å². The molecule has 1 aliphatic carbocycles. The van der Waals surface area contributed by atoms with Crippen molar-refractivity contribution in [2.45, 2.75) is 62.3 Å². The quantitative estimate of drug-likeness (QED) is 0.287. The van der Waals surface area contributed by atoms with Gasteiger partial charge in [0, 0.05) is 23.5 Å². The van der Waals surface area contributed by atoms with E-state index in [2.05, 4.69) is 15.0 Å². The molecule has 1 saturated carbocycles. The molecule has 2 heterocycles. The van der Waals surface area contributed by atoms with E-state index < -0.39 is 23.8 Å². The SMILES string of the molecule is Cc1c(SN[C@@H](C)C(F)(F)F)ccc(-c2sc(C(=O)NCC3(F)CN(C)C3)nc2CC2CCC2)c1Cl. The number of aromatic nitrogens is 1. The van der Waals surface area contributed by atoms with Crippen LogP contribution in [-0.2, 0) is 6.42 Å². The van der Waals surface area contributed by atoms with E-state index in [0.717, 1.165) is 42.3 Å². The van der Waals surface area contributed by atoms with E-state index in [9.17, 15) is 22.4 Å². The van der Waals surface area contributed by atoms with Crippen LogP contribution < -0.4 is 10.0 Å². The van der Waals surface area contributed by atoms with E-state index >= 15 is 0 Å². The largest absolute Gasteiger partial charge is 0.404 e. The average Bonchev–Trinajstić information content (AvgIpc) is 3.17. The zero-order valence-electron chi connectivity index (χ0n) is 20.3. The molecular weight excluding hydrogens is 536 g/mol. The second-order valence-corrected chi connectivity index (χ2v) is 12.1. The fourth-order valence-electron chi connectivity index (χ4n) is 4.29. The van der Waals surface area contributed by atoms with Crippen LogP contribution in [-0.4, -0.2) is 60.4 Å². The van der Waals surface area contributed by atoms with E-state index in [1.165, 1.54) is 17.8 Å². The minimum Gasteiger partial charge on any atom is -0.347 e. The van der Waals surface area contributed by atoms with Gasteiger partial charge >= 0.3 is 6.18 Å². The number of thiazole rings is 1. The highest BCUT2D eigenvalue weighted by molar-refractivity contribution is 7.97. The monoisotopic (exact) mass is 564 g/mol. The summed E-state index contributed by atoms with van der Waals surface area (Å²) in [6.45, 7) is 3.30. The number of nitrogens with one attached hydrogen (secondary N) is 2. The smallest absolute Gasteiger partial charge is 0.347 e. The van der Waals surface area contributed by atoms with Crippen LogP contribution in [0.25, 0.3) is 10.4 Å². The van der Waals surface area contributed by atoms with Gasteiger partial charge in [-0.15, -0.1) is 11.3 Å². The predicted molar refractivity (Wildman–Crippen MR) is 137 cm³/mol. The van der Waals surface area contributed by atoms with Crippen LogP contribution in [0, 0.1) is 12.8 Å². The molecule has 5 nitrogen and oxygen atoms in total. The summed E-state index contributed by atoms with van der Waals surface area (Å²) in [4.78, 5) is 20.7. The van der Waals surface area contributed by atoms with E-state index in [0.29, 0.717) is 33.4 Å². The van der Waals surface area contributed by atoms with Gasteiger partial charge in [0.1, 0.15) is 6.04 Å². The zero-order chi connectivity index (χ0) is 26.3. The lowest BCUT2D eigenvalue weighted by molar-refractivity contribution is -0.146. The van der Waals surface area contributed by atoms with Crippen molar-refractivity contribution >= 4 is 40.8 Å². The van der Waals surface area contributed by atoms with Gasteiger partial charge in [0.25, 0.3) is 5.91 Å². The fraction of sp³-hybridized carbons (Fsp3) is 0.583. The minimum atomic E-state index is -4.35. The van der Waals surface area contributed by atoms with E-state index in [1.54, 1.807) is 19.1 Å². The summed E-state index contributed by atoms with van der Waals surface area (Å²) < 4.78 is 55.6. The highest BCUT2D eigenvalue weighted by Gasteiger charge is 2.42. The molecule has 0 bridgehead atoms. The summed E-state index contributed by atoms with van der Waals surface area (Å²) in [5, 5.41) is 3.34. The Kier molecular flexibility index (Phi) is 8.26. The second-order valence-electron chi connectivity index (χ2n) is 9.84. The molecule has 1 saturated heterocycles. The molecule has 36 heavy (non-hydrogen) atoms. The van der Waals surface area contributed by atoms with E-state index in [1.807, 2.05) is 11.9 Å². The molecule has 2 aliphatic rings. The molecule has 0 radical (unpaired) electrons. The third kappa shape index (κ3) is 6.18. The fourth-order valence-corrected chi connectivity index (χ4v) is 6.53. The van der Waals surface area contributed by atoms with Gasteiger partial charge in [-0.05, 0) is 56.8 Å². The number of alkyl halides is 4. The maximum Gasteiger partial charge on any atom is 0.404 e. The van der Waals surface area contributed by atoms with Crippen molar-refractivity contribution in [3.8, 4) is 10.4 Å². The Labute approximate surface area is 221 Å². The number of benzene rings is 1. The molecule has 2 N–H and O–H groups in total. The van der Waals surface area contributed by atoms with Crippen LogP contribution in [0.3, 0.4) is 0 Å². The molecule has 1 aromatic carbocycles. The Morgan fingerprint density at radius 3 is 2.64 bits per heavy atom. The molecule has 1 aromatic heterocycles. The first-order valence-electron chi connectivity index (χ1n) is 11.8. The van der Waals surface area contributed by atoms with Crippen LogP contribution in [0.1, 0.15) is 47.2 Å². The lowest BCUT2D eigenvalue weighted by atomic mass is 9.82. The molecule has 0 spiro atoms. The standard InChI is InChI=1S/C24H29ClF4N4OS2/c1-13-18(36-32-14(2)24(27,28)29)8-7-16(19(13)25)20-17(9-15-5-4-6-15)31-22(35-20)21(34)30-10-23(26)11-33(3)12-23/h7-8,14-15,32H,4-6,9-12H2,1-3H3,(H,30,34)/t14-/m0/s1. The zero-order valence-corrected chi connectivity index (χ0v) is 22.7. The summed E-state index contributed by atoms with van der Waals surface area (Å²) in [6, 6.07) is 1.81. The maximum atomic E-state index is 14.6. The molecule has 1 amide bonds. The molecule has 1 atom stereocenters. The van der Waals surface area contributed by atoms with Gasteiger partial charge in [-0.25, -0.2) is 14.1 Å². The predicted octanol–water partition coefficient (Wildman–Crippen LogP) is 6.05. The number of carbonyl (C=O) groups is 1. The summed E-state index contributed by atoms with van der Waals surface area (Å²) in [6.07, 6.45) is -0.270. The molecule has 2 aromatic rings. The summed E-state index contributed by atoms with van der Waals surface area (Å²) in [7, 11) is 1.82. The molecule has 4 rings (SSSR count). The van der Waals surface area contributed by atoms with Crippen molar-refractivity contribution in [2.75, 3.05) is 26.7 Å². The van der Waals surface area contributed by atoms with Crippen molar-refractivity contribution in [1.29, 1.82) is 0 Å². The number of hydrogen-bond acceptors (Lipinski definition) is 6. The number of rotatable bonds is 9.